The smallest absolute Gasteiger partial charge is 0.328 e. The number of aliphatic hydroxyl groups is 1. The molecule has 0 aromatic heterocycles. The van der Waals surface area contributed by atoms with Crippen molar-refractivity contribution in [2.24, 2.45) is 11.7 Å². The highest BCUT2D eigenvalue weighted by atomic mass is 32.2. The Balaban J connectivity index is 5.46. The quantitative estimate of drug-likeness (QED) is 0.145. The normalized spacial score (nSPS) is 15.7. The molecule has 0 rings (SSSR count). The fourth-order valence-electron chi connectivity index (χ4n) is 2.68. The first-order valence-corrected chi connectivity index (χ1v) is 11.5. The van der Waals surface area contributed by atoms with E-state index in [1.54, 1.807) is 6.26 Å². The molecule has 0 spiro atoms. The van der Waals surface area contributed by atoms with E-state index in [1.165, 1.54) is 18.7 Å². The summed E-state index contributed by atoms with van der Waals surface area (Å²) in [6, 6.07) is -5.11. The fraction of sp³-hybridized carbons (Fsp3) is 0.737. The van der Waals surface area contributed by atoms with Crippen LogP contribution < -0.4 is 21.7 Å². The van der Waals surface area contributed by atoms with Gasteiger partial charge in [-0.1, -0.05) is 13.8 Å². The minimum absolute atomic E-state index is 0.0353. The van der Waals surface area contributed by atoms with Crippen molar-refractivity contribution < 1.29 is 39.3 Å². The largest absolute Gasteiger partial charge is 0.481 e. The van der Waals surface area contributed by atoms with Crippen LogP contribution in [-0.4, -0.2) is 87.3 Å². The predicted molar refractivity (Wildman–Crippen MR) is 118 cm³/mol. The Labute approximate surface area is 191 Å². The number of nitrogens with two attached hydrogens (primary N) is 1. The number of nitrogens with one attached hydrogen (secondary N) is 3. The van der Waals surface area contributed by atoms with Crippen LogP contribution in [0.3, 0.4) is 0 Å². The molecule has 12 nitrogen and oxygen atoms in total. The second kappa shape index (κ2) is 14.6. The SMILES string of the molecule is CSCCC(NC(=O)C(CC(C)C)NC(=O)C(N)CC(=O)O)C(=O)NC(C(=O)O)C(C)O. The Morgan fingerprint density at radius 2 is 1.44 bits per heavy atom. The molecule has 0 aliphatic rings. The Hall–Kier alpha value is -2.38. The number of carbonyl (C=O) groups excluding carboxylic acids is 3. The van der Waals surface area contributed by atoms with Gasteiger partial charge in [-0.05, 0) is 37.7 Å². The number of aliphatic hydroxyl groups excluding tert-OH is 1. The Morgan fingerprint density at radius 3 is 1.88 bits per heavy atom. The van der Waals surface area contributed by atoms with Crippen molar-refractivity contribution in [3.63, 3.8) is 0 Å². The topological polar surface area (TPSA) is 208 Å². The number of aliphatic carboxylic acids is 2. The van der Waals surface area contributed by atoms with Gasteiger partial charge in [-0.3, -0.25) is 19.2 Å². The van der Waals surface area contributed by atoms with E-state index in [2.05, 4.69) is 16.0 Å². The Morgan fingerprint density at radius 1 is 0.906 bits per heavy atom. The van der Waals surface area contributed by atoms with Gasteiger partial charge in [0.25, 0.3) is 0 Å². The first-order valence-electron chi connectivity index (χ1n) is 10.1. The van der Waals surface area contributed by atoms with E-state index in [-0.39, 0.29) is 18.8 Å². The highest BCUT2D eigenvalue weighted by Crippen LogP contribution is 2.08. The van der Waals surface area contributed by atoms with Gasteiger partial charge < -0.3 is 37.0 Å². The van der Waals surface area contributed by atoms with Crippen molar-refractivity contribution in [1.29, 1.82) is 0 Å². The first-order chi connectivity index (χ1) is 14.8. The molecular weight excluding hydrogens is 444 g/mol. The number of carboxylic acid groups (broad SMARTS) is 2. The molecule has 0 saturated carbocycles. The van der Waals surface area contributed by atoms with Crippen LogP contribution in [0, 0.1) is 5.92 Å². The lowest BCUT2D eigenvalue weighted by Gasteiger charge is -2.26. The second-order valence-electron chi connectivity index (χ2n) is 7.80. The Kier molecular flexibility index (Phi) is 13.5. The molecule has 0 aromatic rings. The summed E-state index contributed by atoms with van der Waals surface area (Å²) in [6.07, 6.45) is 0.178. The summed E-state index contributed by atoms with van der Waals surface area (Å²) in [7, 11) is 0. The molecule has 0 aromatic carbocycles. The average molecular weight is 479 g/mol. The molecule has 0 aliphatic carbocycles. The summed E-state index contributed by atoms with van der Waals surface area (Å²) in [6.45, 7) is 4.83. The molecule has 13 heteroatoms. The molecule has 0 bridgehead atoms. The molecular formula is C19H34N4O8S. The molecule has 5 unspecified atom stereocenters. The zero-order valence-corrected chi connectivity index (χ0v) is 19.5. The molecule has 8 N–H and O–H groups in total. The molecule has 0 aliphatic heterocycles. The van der Waals surface area contributed by atoms with Crippen molar-refractivity contribution in [3.8, 4) is 0 Å². The molecule has 5 atom stereocenters. The third-order valence-corrected chi connectivity index (χ3v) is 5.01. The zero-order chi connectivity index (χ0) is 25.0. The summed E-state index contributed by atoms with van der Waals surface area (Å²) in [5.74, 6) is -4.57. The van der Waals surface area contributed by atoms with Gasteiger partial charge in [-0.25, -0.2) is 4.79 Å². The molecule has 184 valence electrons. The second-order valence-corrected chi connectivity index (χ2v) is 8.79. The van der Waals surface area contributed by atoms with Crippen molar-refractivity contribution in [3.05, 3.63) is 0 Å². The predicted octanol–water partition coefficient (Wildman–Crippen LogP) is -1.49. The molecule has 0 fully saturated rings. The summed E-state index contributed by atoms with van der Waals surface area (Å²) in [5, 5.41) is 34.7. The van der Waals surface area contributed by atoms with E-state index in [4.69, 9.17) is 15.9 Å². The highest BCUT2D eigenvalue weighted by molar-refractivity contribution is 7.98. The van der Waals surface area contributed by atoms with Crippen molar-refractivity contribution in [1.82, 2.24) is 16.0 Å². The number of rotatable bonds is 15. The molecule has 32 heavy (non-hydrogen) atoms. The number of hydrogen-bond acceptors (Lipinski definition) is 8. The summed E-state index contributed by atoms with van der Waals surface area (Å²) >= 11 is 1.41. The van der Waals surface area contributed by atoms with E-state index in [1.807, 2.05) is 13.8 Å². The van der Waals surface area contributed by atoms with Gasteiger partial charge in [0.2, 0.25) is 17.7 Å². The van der Waals surface area contributed by atoms with Crippen LogP contribution >= 0.6 is 11.8 Å². The van der Waals surface area contributed by atoms with Gasteiger partial charge in [0, 0.05) is 0 Å². The minimum Gasteiger partial charge on any atom is -0.481 e. The first kappa shape index (κ1) is 29.6. The number of amides is 3. The van der Waals surface area contributed by atoms with Gasteiger partial charge in [0.15, 0.2) is 6.04 Å². The van der Waals surface area contributed by atoms with Crippen LogP contribution in [0.2, 0.25) is 0 Å². The number of carboxylic acids is 2. The summed E-state index contributed by atoms with van der Waals surface area (Å²) in [4.78, 5) is 59.7. The van der Waals surface area contributed by atoms with Crippen molar-refractivity contribution in [2.45, 2.75) is 70.3 Å². The lowest BCUT2D eigenvalue weighted by molar-refractivity contribution is -0.145. The van der Waals surface area contributed by atoms with Gasteiger partial charge >= 0.3 is 11.9 Å². The van der Waals surface area contributed by atoms with Crippen LogP contribution in [0.25, 0.3) is 0 Å². The third kappa shape index (κ3) is 11.3. The lowest BCUT2D eigenvalue weighted by Crippen LogP contribution is -2.58. The average Bonchev–Trinajstić information content (AvgIpc) is 2.66. The van der Waals surface area contributed by atoms with Crippen LogP contribution in [0.5, 0.6) is 0 Å². The van der Waals surface area contributed by atoms with E-state index >= 15 is 0 Å². The van der Waals surface area contributed by atoms with E-state index in [0.29, 0.717) is 5.75 Å². The monoisotopic (exact) mass is 478 g/mol. The van der Waals surface area contributed by atoms with Crippen LogP contribution in [0.15, 0.2) is 0 Å². The van der Waals surface area contributed by atoms with Gasteiger partial charge in [0.05, 0.1) is 18.6 Å². The highest BCUT2D eigenvalue weighted by Gasteiger charge is 2.32. The number of thioether (sulfide) groups is 1. The maximum atomic E-state index is 12.9. The van der Waals surface area contributed by atoms with Crippen molar-refractivity contribution >= 4 is 41.4 Å². The number of carbonyl (C=O) groups is 5. The molecule has 0 heterocycles. The maximum Gasteiger partial charge on any atom is 0.328 e. The molecule has 0 radical (unpaired) electrons. The van der Waals surface area contributed by atoms with Crippen LogP contribution in [0.1, 0.15) is 40.0 Å². The maximum absolute atomic E-state index is 12.9. The fourth-order valence-corrected chi connectivity index (χ4v) is 3.15. The minimum atomic E-state index is -1.56. The number of hydrogen-bond donors (Lipinski definition) is 7. The van der Waals surface area contributed by atoms with Gasteiger partial charge in [0.1, 0.15) is 12.1 Å². The van der Waals surface area contributed by atoms with Crippen LogP contribution in [0.4, 0.5) is 0 Å². The van der Waals surface area contributed by atoms with Gasteiger partial charge in [-0.2, -0.15) is 11.8 Å². The van der Waals surface area contributed by atoms with E-state index in [9.17, 15) is 29.1 Å². The van der Waals surface area contributed by atoms with E-state index < -0.39 is 66.4 Å². The van der Waals surface area contributed by atoms with Gasteiger partial charge in [-0.15, -0.1) is 0 Å². The van der Waals surface area contributed by atoms with E-state index in [0.717, 1.165) is 0 Å². The standard InChI is InChI=1S/C19H34N4O8S/c1-9(2)7-13(22-16(27)11(20)8-14(25)26)18(29)21-12(5-6-32-4)17(28)23-15(10(3)24)19(30)31/h9-13,15,24H,5-8,20H2,1-4H3,(H,21,29)(H,22,27)(H,23,28)(H,25,26)(H,30,31). The molecule has 3 amide bonds. The molecule has 0 saturated heterocycles. The third-order valence-electron chi connectivity index (χ3n) is 4.36. The zero-order valence-electron chi connectivity index (χ0n) is 18.7. The summed E-state index contributed by atoms with van der Waals surface area (Å²) in [5.41, 5.74) is 5.55. The Bertz CT molecular complexity index is 674. The lowest BCUT2D eigenvalue weighted by atomic mass is 10.0. The van der Waals surface area contributed by atoms with Crippen molar-refractivity contribution in [2.75, 3.05) is 12.0 Å². The summed E-state index contributed by atoms with van der Waals surface area (Å²) < 4.78 is 0. The van der Waals surface area contributed by atoms with Crippen LogP contribution in [-0.2, 0) is 24.0 Å².